The number of para-hydroxylation sites is 1. The van der Waals surface area contributed by atoms with Gasteiger partial charge in [-0.25, -0.2) is 4.39 Å². The number of furan rings is 1. The number of hydrogen-bond acceptors (Lipinski definition) is 3. The van der Waals surface area contributed by atoms with Crippen LogP contribution in [0.2, 0.25) is 5.02 Å². The third kappa shape index (κ3) is 2.17. The highest BCUT2D eigenvalue weighted by atomic mass is 35.5. The Bertz CT molecular complexity index is 756. The van der Waals surface area contributed by atoms with Gasteiger partial charge >= 0.3 is 0 Å². The smallest absolute Gasteiger partial charge is 0.152 e. The van der Waals surface area contributed by atoms with Crippen molar-refractivity contribution in [1.29, 1.82) is 0 Å². The Kier molecular flexibility index (Phi) is 3.42. The van der Waals surface area contributed by atoms with Gasteiger partial charge in [-0.2, -0.15) is 0 Å². The van der Waals surface area contributed by atoms with Gasteiger partial charge in [-0.05, 0) is 25.2 Å². The molecule has 0 aliphatic rings. The van der Waals surface area contributed by atoms with E-state index in [-0.39, 0.29) is 11.9 Å². The third-order valence-corrected chi connectivity index (χ3v) is 3.50. The van der Waals surface area contributed by atoms with Gasteiger partial charge in [0.15, 0.2) is 5.58 Å². The van der Waals surface area contributed by atoms with Crippen molar-refractivity contribution in [2.75, 3.05) is 7.05 Å². The lowest BCUT2D eigenvalue weighted by Gasteiger charge is -2.14. The van der Waals surface area contributed by atoms with Crippen molar-refractivity contribution < 1.29 is 8.81 Å². The summed E-state index contributed by atoms with van der Waals surface area (Å²) in [5.74, 6) is 0.235. The summed E-state index contributed by atoms with van der Waals surface area (Å²) in [6, 6.07) is 8.63. The van der Waals surface area contributed by atoms with Crippen LogP contribution in [0.3, 0.4) is 0 Å². The number of fused-ring (bicyclic) bond motifs is 1. The molecule has 0 spiro atoms. The van der Waals surface area contributed by atoms with Crippen LogP contribution in [0.15, 0.2) is 47.1 Å². The standard InChI is InChI=1S/C15H12ClFN2O/c1-18-14(10-5-6-19-8-12(10)17)13-7-9-3-2-4-11(16)15(9)20-13/h2-8,14,18H,1H3. The molecular weight excluding hydrogens is 279 g/mol. The van der Waals surface area contributed by atoms with Crippen molar-refractivity contribution in [3.05, 3.63) is 64.9 Å². The zero-order chi connectivity index (χ0) is 14.1. The molecule has 2 heterocycles. The predicted octanol–water partition coefficient (Wildman–Crippen LogP) is 3.93. The van der Waals surface area contributed by atoms with E-state index in [9.17, 15) is 4.39 Å². The average Bonchev–Trinajstić information content (AvgIpc) is 2.87. The van der Waals surface area contributed by atoms with E-state index < -0.39 is 0 Å². The summed E-state index contributed by atoms with van der Waals surface area (Å²) in [4.78, 5) is 3.76. The van der Waals surface area contributed by atoms with Crippen LogP contribution in [0.1, 0.15) is 17.4 Å². The number of rotatable bonds is 3. The lowest BCUT2D eigenvalue weighted by Crippen LogP contribution is -2.18. The Morgan fingerprint density at radius 1 is 1.35 bits per heavy atom. The molecule has 2 aromatic heterocycles. The first-order valence-corrected chi connectivity index (χ1v) is 6.53. The van der Waals surface area contributed by atoms with Crippen molar-refractivity contribution in [3.63, 3.8) is 0 Å². The molecule has 0 saturated carbocycles. The fourth-order valence-electron chi connectivity index (χ4n) is 2.26. The molecule has 0 radical (unpaired) electrons. The monoisotopic (exact) mass is 290 g/mol. The fraction of sp³-hybridized carbons (Fsp3) is 0.133. The summed E-state index contributed by atoms with van der Waals surface area (Å²) in [5, 5.41) is 4.48. The highest BCUT2D eigenvalue weighted by Gasteiger charge is 2.20. The zero-order valence-corrected chi connectivity index (χ0v) is 11.5. The number of halogens is 2. The van der Waals surface area contributed by atoms with Crippen LogP contribution in [0.5, 0.6) is 0 Å². The first kappa shape index (κ1) is 13.1. The maximum Gasteiger partial charge on any atom is 0.152 e. The van der Waals surface area contributed by atoms with Crippen LogP contribution < -0.4 is 5.32 Å². The molecule has 1 atom stereocenters. The lowest BCUT2D eigenvalue weighted by atomic mass is 10.1. The number of aromatic nitrogens is 1. The van der Waals surface area contributed by atoms with E-state index in [0.29, 0.717) is 21.9 Å². The summed E-state index contributed by atoms with van der Waals surface area (Å²) in [6.45, 7) is 0. The van der Waals surface area contributed by atoms with Crippen LogP contribution in [0, 0.1) is 5.82 Å². The molecule has 0 aliphatic carbocycles. The van der Waals surface area contributed by atoms with Gasteiger partial charge in [-0.1, -0.05) is 23.7 Å². The van der Waals surface area contributed by atoms with Gasteiger partial charge in [-0.3, -0.25) is 4.98 Å². The van der Waals surface area contributed by atoms with E-state index in [2.05, 4.69) is 10.3 Å². The summed E-state index contributed by atoms with van der Waals surface area (Å²) in [6.07, 6.45) is 2.74. The topological polar surface area (TPSA) is 38.1 Å². The number of benzene rings is 1. The van der Waals surface area contributed by atoms with Gasteiger partial charge in [0.1, 0.15) is 11.6 Å². The molecular formula is C15H12ClFN2O. The number of nitrogens with one attached hydrogen (secondary N) is 1. The largest absolute Gasteiger partial charge is 0.457 e. The lowest BCUT2D eigenvalue weighted by molar-refractivity contribution is 0.475. The Morgan fingerprint density at radius 3 is 2.90 bits per heavy atom. The van der Waals surface area contributed by atoms with Crippen LogP contribution in [0.25, 0.3) is 11.0 Å². The molecule has 1 aromatic carbocycles. The molecule has 0 aliphatic heterocycles. The van der Waals surface area contributed by atoms with Crippen LogP contribution in [-0.4, -0.2) is 12.0 Å². The van der Waals surface area contributed by atoms with E-state index in [4.69, 9.17) is 16.0 Å². The van der Waals surface area contributed by atoms with Gasteiger partial charge in [0.05, 0.1) is 17.3 Å². The van der Waals surface area contributed by atoms with Crippen molar-refractivity contribution in [3.8, 4) is 0 Å². The predicted molar refractivity (Wildman–Crippen MR) is 76.3 cm³/mol. The quantitative estimate of drug-likeness (QED) is 0.794. The van der Waals surface area contributed by atoms with E-state index in [0.717, 1.165) is 5.39 Å². The van der Waals surface area contributed by atoms with Gasteiger partial charge in [0.2, 0.25) is 0 Å². The second-order valence-electron chi connectivity index (χ2n) is 4.43. The van der Waals surface area contributed by atoms with Crippen molar-refractivity contribution in [2.24, 2.45) is 0 Å². The Balaban J connectivity index is 2.12. The molecule has 0 bridgehead atoms. The fourth-order valence-corrected chi connectivity index (χ4v) is 2.48. The number of nitrogens with zero attached hydrogens (tertiary/aromatic N) is 1. The second kappa shape index (κ2) is 5.23. The number of hydrogen-bond donors (Lipinski definition) is 1. The van der Waals surface area contributed by atoms with E-state index >= 15 is 0 Å². The molecule has 102 valence electrons. The first-order chi connectivity index (χ1) is 9.70. The SMILES string of the molecule is CNC(c1cc2cccc(Cl)c2o1)c1ccncc1F. The minimum atomic E-state index is -0.388. The molecule has 3 aromatic rings. The Morgan fingerprint density at radius 2 is 2.20 bits per heavy atom. The summed E-state index contributed by atoms with van der Waals surface area (Å²) in [7, 11) is 1.75. The van der Waals surface area contributed by atoms with E-state index in [1.807, 2.05) is 18.2 Å². The van der Waals surface area contributed by atoms with Gasteiger partial charge < -0.3 is 9.73 Å². The molecule has 0 fully saturated rings. The van der Waals surface area contributed by atoms with Crippen LogP contribution >= 0.6 is 11.6 Å². The normalized spacial score (nSPS) is 12.8. The highest BCUT2D eigenvalue weighted by Crippen LogP contribution is 2.32. The van der Waals surface area contributed by atoms with Gasteiger partial charge in [0, 0.05) is 17.1 Å². The first-order valence-electron chi connectivity index (χ1n) is 6.15. The van der Waals surface area contributed by atoms with Crippen LogP contribution in [-0.2, 0) is 0 Å². The molecule has 1 unspecified atom stereocenters. The Labute approximate surface area is 120 Å². The average molecular weight is 291 g/mol. The molecule has 20 heavy (non-hydrogen) atoms. The molecule has 1 N–H and O–H groups in total. The van der Waals surface area contributed by atoms with Crippen molar-refractivity contribution in [1.82, 2.24) is 10.3 Å². The van der Waals surface area contributed by atoms with E-state index in [1.54, 1.807) is 25.4 Å². The molecule has 3 nitrogen and oxygen atoms in total. The summed E-state index contributed by atoms with van der Waals surface area (Å²) in [5.41, 5.74) is 1.09. The molecule has 5 heteroatoms. The second-order valence-corrected chi connectivity index (χ2v) is 4.83. The van der Waals surface area contributed by atoms with Crippen molar-refractivity contribution in [2.45, 2.75) is 6.04 Å². The summed E-state index contributed by atoms with van der Waals surface area (Å²) >= 11 is 6.10. The van der Waals surface area contributed by atoms with Crippen molar-refractivity contribution >= 4 is 22.6 Å². The number of pyridine rings is 1. The minimum absolute atomic E-state index is 0.376. The molecule has 0 amide bonds. The Hall–Kier alpha value is -1.91. The third-order valence-electron chi connectivity index (χ3n) is 3.20. The molecule has 0 saturated heterocycles. The van der Waals surface area contributed by atoms with Crippen LogP contribution in [0.4, 0.5) is 4.39 Å². The van der Waals surface area contributed by atoms with E-state index in [1.165, 1.54) is 6.20 Å². The maximum atomic E-state index is 13.9. The zero-order valence-electron chi connectivity index (χ0n) is 10.7. The molecule has 3 rings (SSSR count). The highest BCUT2D eigenvalue weighted by molar-refractivity contribution is 6.34. The maximum absolute atomic E-state index is 13.9. The van der Waals surface area contributed by atoms with Gasteiger partial charge in [-0.15, -0.1) is 0 Å². The van der Waals surface area contributed by atoms with Gasteiger partial charge in [0.25, 0.3) is 0 Å². The summed E-state index contributed by atoms with van der Waals surface area (Å²) < 4.78 is 19.7. The minimum Gasteiger partial charge on any atom is -0.457 e.